The summed E-state index contributed by atoms with van der Waals surface area (Å²) in [5, 5.41) is 61.2. The van der Waals surface area contributed by atoms with Crippen LogP contribution >= 0.6 is 0 Å². The Kier molecular flexibility index (Phi) is 9.68. The first-order chi connectivity index (χ1) is 24.0. The molecule has 0 aliphatic carbocycles. The molecule has 0 radical (unpaired) electrons. The molecule has 0 spiro atoms. The molecule has 0 bridgehead atoms. The van der Waals surface area contributed by atoms with E-state index in [2.05, 4.69) is 6.58 Å². The summed E-state index contributed by atoms with van der Waals surface area (Å²) in [7, 11) is 3.04. The fourth-order valence-electron chi connectivity index (χ4n) is 6.88. The zero-order chi connectivity index (χ0) is 35.4. The summed E-state index contributed by atoms with van der Waals surface area (Å²) >= 11 is 0. The Morgan fingerprint density at radius 3 is 2.36 bits per heavy atom. The molecule has 7 rings (SSSR count). The minimum Gasteiger partial charge on any atom is -0.493 e. The molecule has 16 nitrogen and oxygen atoms in total. The monoisotopic (exact) mass is 704 g/mol. The number of hydrogen-bond acceptors (Lipinski definition) is 16. The second-order valence-electron chi connectivity index (χ2n) is 12.9. The number of rotatable bonds is 9. The van der Waals surface area contributed by atoms with Crippen molar-refractivity contribution in [2.75, 3.05) is 40.6 Å². The minimum absolute atomic E-state index is 0.123. The number of aliphatic hydroxyl groups is 6. The normalized spacial score (nSPS) is 35.7. The number of carbonyl (C=O) groups is 1. The predicted molar refractivity (Wildman–Crippen MR) is 167 cm³/mol. The summed E-state index contributed by atoms with van der Waals surface area (Å²) in [6.45, 7) is 3.35. The number of ether oxygens (including phenoxy) is 9. The predicted octanol–water partition coefficient (Wildman–Crippen LogP) is -1.04. The van der Waals surface area contributed by atoms with E-state index in [0.29, 0.717) is 57.4 Å². The lowest BCUT2D eigenvalue weighted by molar-refractivity contribution is -0.319. The zero-order valence-electron chi connectivity index (χ0n) is 27.2. The van der Waals surface area contributed by atoms with Crippen molar-refractivity contribution in [1.29, 1.82) is 0 Å². The Hall–Kier alpha value is -3.55. The lowest BCUT2D eigenvalue weighted by Gasteiger charge is -2.41. The zero-order valence-corrected chi connectivity index (χ0v) is 27.2. The highest BCUT2D eigenvalue weighted by molar-refractivity contribution is 6.06. The maximum atomic E-state index is 13.9. The van der Waals surface area contributed by atoms with Gasteiger partial charge in [-0.1, -0.05) is 6.58 Å². The quantitative estimate of drug-likeness (QED) is 0.172. The van der Waals surface area contributed by atoms with Gasteiger partial charge in [-0.05, 0) is 23.8 Å². The van der Waals surface area contributed by atoms with Crippen molar-refractivity contribution in [3.63, 3.8) is 0 Å². The molecule has 0 saturated carbocycles. The van der Waals surface area contributed by atoms with Crippen molar-refractivity contribution < 1.29 is 78.1 Å². The van der Waals surface area contributed by atoms with E-state index in [1.165, 1.54) is 14.2 Å². The summed E-state index contributed by atoms with van der Waals surface area (Å²) in [4.78, 5) is 13.9. The van der Waals surface area contributed by atoms with Crippen LogP contribution in [0.1, 0.15) is 27.4 Å². The topological polar surface area (TPSA) is 222 Å². The molecule has 5 heterocycles. The van der Waals surface area contributed by atoms with Gasteiger partial charge in [-0.3, -0.25) is 4.79 Å². The van der Waals surface area contributed by atoms with E-state index < -0.39 is 80.0 Å². The van der Waals surface area contributed by atoms with Gasteiger partial charge in [0.2, 0.25) is 0 Å². The van der Waals surface area contributed by atoms with E-state index >= 15 is 0 Å². The molecule has 16 heteroatoms. The van der Waals surface area contributed by atoms with Gasteiger partial charge in [0.15, 0.2) is 29.9 Å². The molecule has 0 unspecified atom stereocenters. The molecule has 6 N–H and O–H groups in total. The Morgan fingerprint density at radius 2 is 1.60 bits per heavy atom. The van der Waals surface area contributed by atoms with Gasteiger partial charge >= 0.3 is 0 Å². The number of aliphatic hydroxyl groups excluding tert-OH is 6. The van der Waals surface area contributed by atoms with Crippen molar-refractivity contribution in [2.24, 2.45) is 0 Å². The van der Waals surface area contributed by atoms with Crippen molar-refractivity contribution in [1.82, 2.24) is 0 Å². The Morgan fingerprint density at radius 1 is 0.860 bits per heavy atom. The van der Waals surface area contributed by atoms with E-state index in [9.17, 15) is 35.4 Å². The molecule has 12 atom stereocenters. The first-order valence-corrected chi connectivity index (χ1v) is 16.2. The van der Waals surface area contributed by atoms with Crippen LogP contribution in [0.25, 0.3) is 0 Å². The van der Waals surface area contributed by atoms with E-state index in [4.69, 9.17) is 42.6 Å². The van der Waals surface area contributed by atoms with Crippen LogP contribution in [0.2, 0.25) is 0 Å². The van der Waals surface area contributed by atoms with Crippen LogP contribution in [0.4, 0.5) is 0 Å². The van der Waals surface area contributed by atoms with Crippen LogP contribution in [0.3, 0.4) is 0 Å². The molecule has 0 amide bonds. The van der Waals surface area contributed by atoms with Gasteiger partial charge in [0.25, 0.3) is 0 Å². The maximum Gasteiger partial charge on any atom is 0.187 e. The summed E-state index contributed by atoms with van der Waals surface area (Å²) < 4.78 is 51.5. The third-order valence-electron chi connectivity index (χ3n) is 9.76. The van der Waals surface area contributed by atoms with Crippen LogP contribution in [0, 0.1) is 0 Å². The second-order valence-corrected chi connectivity index (χ2v) is 12.9. The smallest absolute Gasteiger partial charge is 0.187 e. The van der Waals surface area contributed by atoms with Gasteiger partial charge < -0.3 is 73.3 Å². The highest BCUT2D eigenvalue weighted by atomic mass is 16.7. The largest absolute Gasteiger partial charge is 0.493 e. The first-order valence-electron chi connectivity index (χ1n) is 16.2. The fraction of sp³-hybridized carbons (Fsp3) is 0.559. The molecule has 2 fully saturated rings. The van der Waals surface area contributed by atoms with Gasteiger partial charge in [0.1, 0.15) is 78.8 Å². The third-order valence-corrected chi connectivity index (χ3v) is 9.76. The van der Waals surface area contributed by atoms with Crippen LogP contribution in [0.15, 0.2) is 36.4 Å². The number of methoxy groups -OCH3 is 2. The number of benzene rings is 2. The van der Waals surface area contributed by atoms with Crippen molar-refractivity contribution in [3.8, 4) is 28.7 Å². The Labute approximate surface area is 286 Å². The highest BCUT2D eigenvalue weighted by Gasteiger charge is 2.48. The average molecular weight is 705 g/mol. The summed E-state index contributed by atoms with van der Waals surface area (Å²) in [6, 6.07) is 6.82. The maximum absolute atomic E-state index is 13.9. The van der Waals surface area contributed by atoms with E-state index in [1.54, 1.807) is 24.3 Å². The number of fused-ring (bicyclic) bond motifs is 6. The summed E-state index contributed by atoms with van der Waals surface area (Å²) in [6.07, 6.45) is -14.1. The van der Waals surface area contributed by atoms with E-state index in [0.717, 1.165) is 0 Å². The van der Waals surface area contributed by atoms with Crippen molar-refractivity contribution in [3.05, 3.63) is 53.1 Å². The SMILES string of the molecule is C=C(CO[C@@H]1O[C@@H](CO[C@@H]2OC[C@H](O)[C@H](O)[C@H]2O)[C@@H](O)[C@H](O)[C@H]1O)[C@@H]1Cc2c(ccc3c2O[C@H]2COc4cc(OC)c(OC)cc4[C@@H]2C3=O)O1. The van der Waals surface area contributed by atoms with Gasteiger partial charge in [-0.2, -0.15) is 0 Å². The number of ketones is 1. The van der Waals surface area contributed by atoms with Gasteiger partial charge in [0, 0.05) is 23.6 Å². The molecule has 0 aromatic heterocycles. The molecule has 272 valence electrons. The molecule has 5 aliphatic rings. The van der Waals surface area contributed by atoms with Gasteiger partial charge in [0.05, 0.1) is 45.5 Å². The second kappa shape index (κ2) is 13.9. The van der Waals surface area contributed by atoms with Crippen LogP contribution in [0.5, 0.6) is 28.7 Å². The van der Waals surface area contributed by atoms with Crippen molar-refractivity contribution >= 4 is 5.78 Å². The highest BCUT2D eigenvalue weighted by Crippen LogP contribution is 2.50. The van der Waals surface area contributed by atoms with E-state index in [1.807, 2.05) is 0 Å². The standard InChI is InChI=1S/C34H40O16/c1-13(9-45-34-31(41)29(39)28(38)24(50-34)12-47-33-30(40)27(37)17(35)10-46-33)19-7-16-18(48-19)5-4-14-26(36)25-15-6-21(42-2)22(43-3)8-20(15)44-11-23(25)49-32(14)16/h4-6,8,17,19,23-25,27-31,33-35,37-41H,1,7,9-12H2,2-3H3/t17-,19-,23-,24-,25-,27-,28+,29-,30+,31+,33-,34+/m0/s1. The average Bonchev–Trinajstić information content (AvgIpc) is 3.57. The van der Waals surface area contributed by atoms with Gasteiger partial charge in [-0.25, -0.2) is 0 Å². The first kappa shape index (κ1) is 34.9. The van der Waals surface area contributed by atoms with Gasteiger partial charge in [-0.15, -0.1) is 0 Å². The van der Waals surface area contributed by atoms with Crippen LogP contribution < -0.4 is 23.7 Å². The van der Waals surface area contributed by atoms with Crippen LogP contribution in [-0.2, 0) is 25.4 Å². The molecular weight excluding hydrogens is 664 g/mol. The fourth-order valence-corrected chi connectivity index (χ4v) is 6.88. The number of carbonyl (C=O) groups excluding carboxylic acids is 1. The molecular formula is C34H40O16. The number of hydrogen-bond donors (Lipinski definition) is 6. The minimum atomic E-state index is -1.67. The summed E-state index contributed by atoms with van der Waals surface area (Å²) in [5.74, 6) is 1.67. The third kappa shape index (κ3) is 6.08. The van der Waals surface area contributed by atoms with E-state index in [-0.39, 0.29) is 25.6 Å². The lowest BCUT2D eigenvalue weighted by Crippen LogP contribution is -2.60. The lowest BCUT2D eigenvalue weighted by atomic mass is 9.81. The Bertz CT molecular complexity index is 1610. The molecule has 5 aliphatic heterocycles. The number of Topliss-reactive ketones (excluding diaryl/α,β-unsaturated/α-hetero) is 1. The Balaban J connectivity index is 0.993. The molecule has 50 heavy (non-hydrogen) atoms. The van der Waals surface area contributed by atoms with Crippen molar-refractivity contribution in [2.45, 2.75) is 79.9 Å². The van der Waals surface area contributed by atoms with Crippen LogP contribution in [-0.4, -0.2) is 145 Å². The molecule has 2 aromatic carbocycles. The molecule has 2 saturated heterocycles. The summed E-state index contributed by atoms with van der Waals surface area (Å²) in [5.41, 5.74) is 2.20. The molecule has 2 aromatic rings.